The Hall–Kier alpha value is -1.85. The van der Waals surface area contributed by atoms with E-state index in [0.29, 0.717) is 0 Å². The Labute approximate surface area is 126 Å². The van der Waals surface area contributed by atoms with Gasteiger partial charge in [0.15, 0.2) is 5.16 Å². The number of fused-ring (bicyclic) bond motifs is 1. The Morgan fingerprint density at radius 3 is 2.57 bits per heavy atom. The molecule has 108 valence electrons. The number of thioether (sulfide) groups is 1. The zero-order chi connectivity index (χ0) is 14.8. The van der Waals surface area contributed by atoms with Crippen molar-refractivity contribution >= 4 is 22.8 Å². The molecule has 0 aliphatic carbocycles. The number of hydrogen-bond donors (Lipinski definition) is 2. The summed E-state index contributed by atoms with van der Waals surface area (Å²) < 4.78 is 13.0. The SMILES string of the molecule is CC(Sc1nc2ccccc2[nH]1)C(N)c1ccc(F)cc1. The maximum absolute atomic E-state index is 13.0. The highest BCUT2D eigenvalue weighted by molar-refractivity contribution is 7.99. The first-order valence-electron chi connectivity index (χ1n) is 6.76. The number of rotatable bonds is 4. The zero-order valence-corrected chi connectivity index (χ0v) is 12.4. The molecular weight excluding hydrogens is 285 g/mol. The molecule has 2 unspecified atom stereocenters. The topological polar surface area (TPSA) is 54.7 Å². The first-order chi connectivity index (χ1) is 10.1. The van der Waals surface area contributed by atoms with Gasteiger partial charge in [-0.25, -0.2) is 9.37 Å². The first-order valence-corrected chi connectivity index (χ1v) is 7.64. The maximum Gasteiger partial charge on any atom is 0.166 e. The average Bonchev–Trinajstić information content (AvgIpc) is 2.89. The highest BCUT2D eigenvalue weighted by Gasteiger charge is 2.18. The second kappa shape index (κ2) is 5.87. The summed E-state index contributed by atoms with van der Waals surface area (Å²) in [6, 6.07) is 14.1. The van der Waals surface area contributed by atoms with Crippen LogP contribution in [0, 0.1) is 5.82 Å². The summed E-state index contributed by atoms with van der Waals surface area (Å²) in [5.74, 6) is -0.247. The molecular formula is C16H16FN3S. The fraction of sp³-hybridized carbons (Fsp3) is 0.188. The lowest BCUT2D eigenvalue weighted by atomic mass is 10.1. The summed E-state index contributed by atoms with van der Waals surface area (Å²) in [4.78, 5) is 7.81. The van der Waals surface area contributed by atoms with Crippen LogP contribution in [0.25, 0.3) is 11.0 Å². The van der Waals surface area contributed by atoms with Crippen LogP contribution in [0.1, 0.15) is 18.5 Å². The number of benzene rings is 2. The average molecular weight is 301 g/mol. The van der Waals surface area contributed by atoms with Crippen molar-refractivity contribution in [3.8, 4) is 0 Å². The van der Waals surface area contributed by atoms with Crippen molar-refractivity contribution in [1.29, 1.82) is 0 Å². The number of aromatic amines is 1. The van der Waals surface area contributed by atoms with E-state index in [0.717, 1.165) is 21.8 Å². The van der Waals surface area contributed by atoms with Crippen molar-refractivity contribution < 1.29 is 4.39 Å². The standard InChI is InChI=1S/C16H16FN3S/c1-10(15(18)11-6-8-12(17)9-7-11)21-16-19-13-4-2-3-5-14(13)20-16/h2-10,15H,18H2,1H3,(H,19,20). The number of para-hydroxylation sites is 2. The van der Waals surface area contributed by atoms with Gasteiger partial charge < -0.3 is 10.7 Å². The molecule has 0 saturated heterocycles. The molecule has 0 bridgehead atoms. The number of imidazole rings is 1. The van der Waals surface area contributed by atoms with Crippen molar-refractivity contribution in [2.45, 2.75) is 23.4 Å². The van der Waals surface area contributed by atoms with Crippen LogP contribution < -0.4 is 5.73 Å². The number of aromatic nitrogens is 2. The van der Waals surface area contributed by atoms with Gasteiger partial charge in [-0.15, -0.1) is 0 Å². The highest BCUT2D eigenvalue weighted by Crippen LogP contribution is 2.30. The lowest BCUT2D eigenvalue weighted by Gasteiger charge is -2.18. The van der Waals surface area contributed by atoms with Crippen LogP contribution in [0.4, 0.5) is 4.39 Å². The Kier molecular flexibility index (Phi) is 3.94. The third-order valence-corrected chi connectivity index (χ3v) is 4.51. The van der Waals surface area contributed by atoms with Crippen LogP contribution in [0.2, 0.25) is 0 Å². The quantitative estimate of drug-likeness (QED) is 0.719. The molecule has 3 aromatic rings. The zero-order valence-electron chi connectivity index (χ0n) is 11.6. The molecule has 0 fully saturated rings. The van der Waals surface area contributed by atoms with Gasteiger partial charge in [0.05, 0.1) is 11.0 Å². The van der Waals surface area contributed by atoms with Crippen molar-refractivity contribution in [2.75, 3.05) is 0 Å². The van der Waals surface area contributed by atoms with E-state index < -0.39 is 0 Å². The van der Waals surface area contributed by atoms with Gasteiger partial charge in [0.1, 0.15) is 5.82 Å². The fourth-order valence-electron chi connectivity index (χ4n) is 2.19. The number of nitrogens with two attached hydrogens (primary N) is 1. The molecule has 0 saturated carbocycles. The molecule has 5 heteroatoms. The van der Waals surface area contributed by atoms with Crippen LogP contribution in [0.15, 0.2) is 53.7 Å². The van der Waals surface area contributed by atoms with Gasteiger partial charge in [0.2, 0.25) is 0 Å². The second-order valence-corrected chi connectivity index (χ2v) is 6.33. The van der Waals surface area contributed by atoms with E-state index >= 15 is 0 Å². The number of nitrogens with one attached hydrogen (secondary N) is 1. The lowest BCUT2D eigenvalue weighted by molar-refractivity contribution is 0.624. The molecule has 1 aromatic heterocycles. The molecule has 0 aliphatic rings. The van der Waals surface area contributed by atoms with Crippen LogP contribution in [0.5, 0.6) is 0 Å². The minimum atomic E-state index is -0.247. The van der Waals surface area contributed by atoms with Gasteiger partial charge in [-0.05, 0) is 29.8 Å². The molecule has 2 aromatic carbocycles. The molecule has 0 amide bonds. The van der Waals surface area contributed by atoms with Crippen molar-refractivity contribution in [1.82, 2.24) is 9.97 Å². The predicted octanol–water partition coefficient (Wildman–Crippen LogP) is 3.88. The number of nitrogens with zero attached hydrogens (tertiary/aromatic N) is 1. The molecule has 21 heavy (non-hydrogen) atoms. The third-order valence-electron chi connectivity index (χ3n) is 3.43. The largest absolute Gasteiger partial charge is 0.333 e. The summed E-state index contributed by atoms with van der Waals surface area (Å²) in [5, 5.41) is 0.970. The van der Waals surface area contributed by atoms with Crippen molar-refractivity contribution in [3.05, 3.63) is 59.9 Å². The van der Waals surface area contributed by atoms with Crippen molar-refractivity contribution in [2.24, 2.45) is 5.73 Å². The van der Waals surface area contributed by atoms with E-state index in [4.69, 9.17) is 5.73 Å². The summed E-state index contributed by atoms with van der Waals surface area (Å²) >= 11 is 1.59. The minimum absolute atomic E-state index is 0.121. The van der Waals surface area contributed by atoms with E-state index in [9.17, 15) is 4.39 Å². The molecule has 3 N–H and O–H groups in total. The van der Waals surface area contributed by atoms with E-state index in [2.05, 4.69) is 9.97 Å². The third kappa shape index (κ3) is 3.09. The maximum atomic E-state index is 13.0. The van der Waals surface area contributed by atoms with Gasteiger partial charge in [0.25, 0.3) is 0 Å². The molecule has 3 nitrogen and oxygen atoms in total. The Morgan fingerprint density at radius 2 is 1.86 bits per heavy atom. The monoisotopic (exact) mass is 301 g/mol. The van der Waals surface area contributed by atoms with Crippen molar-refractivity contribution in [3.63, 3.8) is 0 Å². The minimum Gasteiger partial charge on any atom is -0.333 e. The molecule has 0 spiro atoms. The lowest BCUT2D eigenvalue weighted by Crippen LogP contribution is -2.21. The first kappa shape index (κ1) is 14.1. The number of H-pyrrole nitrogens is 1. The normalized spacial score (nSPS) is 14.2. The molecule has 2 atom stereocenters. The van der Waals surface area contributed by atoms with Crippen LogP contribution in [0.3, 0.4) is 0 Å². The summed E-state index contributed by atoms with van der Waals surface area (Å²) in [6.07, 6.45) is 0. The van der Waals surface area contributed by atoms with Gasteiger partial charge in [-0.2, -0.15) is 0 Å². The summed E-state index contributed by atoms with van der Waals surface area (Å²) in [6.45, 7) is 2.05. The smallest absolute Gasteiger partial charge is 0.166 e. The summed E-state index contributed by atoms with van der Waals surface area (Å²) in [7, 11) is 0. The number of halogens is 1. The van der Waals surface area contributed by atoms with E-state index in [1.165, 1.54) is 12.1 Å². The fourth-order valence-corrected chi connectivity index (χ4v) is 3.17. The van der Waals surface area contributed by atoms with Crippen LogP contribution >= 0.6 is 11.8 Å². The number of hydrogen-bond acceptors (Lipinski definition) is 3. The molecule has 1 heterocycles. The highest BCUT2D eigenvalue weighted by atomic mass is 32.2. The van der Waals surface area contributed by atoms with Gasteiger partial charge in [-0.3, -0.25) is 0 Å². The second-order valence-electron chi connectivity index (χ2n) is 4.96. The predicted molar refractivity (Wildman–Crippen MR) is 84.7 cm³/mol. The Balaban J connectivity index is 1.75. The molecule has 3 rings (SSSR count). The molecule has 0 radical (unpaired) electrons. The van der Waals surface area contributed by atoms with Gasteiger partial charge in [0, 0.05) is 11.3 Å². The van der Waals surface area contributed by atoms with E-state index in [-0.39, 0.29) is 17.1 Å². The Bertz CT molecular complexity index is 706. The van der Waals surface area contributed by atoms with Crippen LogP contribution in [-0.2, 0) is 0 Å². The molecule has 0 aliphatic heterocycles. The van der Waals surface area contributed by atoms with E-state index in [1.807, 2.05) is 31.2 Å². The van der Waals surface area contributed by atoms with Gasteiger partial charge >= 0.3 is 0 Å². The van der Waals surface area contributed by atoms with E-state index in [1.54, 1.807) is 23.9 Å². The van der Waals surface area contributed by atoms with Gasteiger partial charge in [-0.1, -0.05) is 43.0 Å². The van der Waals surface area contributed by atoms with Crippen LogP contribution in [-0.4, -0.2) is 15.2 Å². The summed E-state index contributed by atoms with van der Waals surface area (Å²) in [5.41, 5.74) is 9.13. The Morgan fingerprint density at radius 1 is 1.14 bits per heavy atom.